The summed E-state index contributed by atoms with van der Waals surface area (Å²) in [6, 6.07) is 10.1. The molecule has 1 saturated heterocycles. The fourth-order valence-corrected chi connectivity index (χ4v) is 3.30. The van der Waals surface area contributed by atoms with Crippen LogP contribution in [-0.2, 0) is 5.60 Å². The topological polar surface area (TPSA) is 23.5 Å². The normalized spacial score (nSPS) is 32.8. The molecule has 0 amide bonds. The molecule has 0 spiro atoms. The molecule has 2 unspecified atom stereocenters. The molecule has 18 heavy (non-hydrogen) atoms. The first kappa shape index (κ1) is 11.9. The fourth-order valence-electron chi connectivity index (χ4n) is 3.30. The van der Waals surface area contributed by atoms with Gasteiger partial charge in [-0.1, -0.05) is 35.9 Å². The van der Waals surface area contributed by atoms with Gasteiger partial charge in [-0.2, -0.15) is 0 Å². The number of piperidine rings is 1. The SMILES string of the molecule is CN1CCC2=CC(O)(c3ccccc3)CCC2C1. The monoisotopic (exact) mass is 243 g/mol. The van der Waals surface area contributed by atoms with Crippen LogP contribution in [0.25, 0.3) is 0 Å². The van der Waals surface area contributed by atoms with Crippen LogP contribution in [0.1, 0.15) is 24.8 Å². The van der Waals surface area contributed by atoms with Gasteiger partial charge in [-0.15, -0.1) is 0 Å². The second-order valence-electron chi connectivity index (χ2n) is 5.76. The summed E-state index contributed by atoms with van der Waals surface area (Å²) in [5.41, 5.74) is 1.77. The van der Waals surface area contributed by atoms with Gasteiger partial charge >= 0.3 is 0 Å². The highest BCUT2D eigenvalue weighted by Crippen LogP contribution is 2.40. The molecule has 0 saturated carbocycles. The molecule has 2 heteroatoms. The van der Waals surface area contributed by atoms with Gasteiger partial charge in [-0.3, -0.25) is 0 Å². The minimum Gasteiger partial charge on any atom is -0.381 e. The summed E-state index contributed by atoms with van der Waals surface area (Å²) in [5.74, 6) is 0.660. The van der Waals surface area contributed by atoms with E-state index in [1.54, 1.807) is 0 Å². The molecule has 0 aromatic heterocycles. The quantitative estimate of drug-likeness (QED) is 0.766. The predicted octanol–water partition coefficient (Wildman–Crippen LogP) is 2.55. The van der Waals surface area contributed by atoms with Crippen LogP contribution in [0.2, 0.25) is 0 Å². The minimum absolute atomic E-state index is 0.660. The second-order valence-corrected chi connectivity index (χ2v) is 5.76. The Bertz CT molecular complexity index is 453. The van der Waals surface area contributed by atoms with Crippen molar-refractivity contribution in [3.63, 3.8) is 0 Å². The number of aliphatic hydroxyl groups is 1. The third kappa shape index (κ3) is 2.11. The van der Waals surface area contributed by atoms with E-state index in [2.05, 4.69) is 18.0 Å². The molecular weight excluding hydrogens is 222 g/mol. The number of rotatable bonds is 1. The molecular formula is C16H21NO. The highest BCUT2D eigenvalue weighted by atomic mass is 16.3. The van der Waals surface area contributed by atoms with Crippen molar-refractivity contribution >= 4 is 0 Å². The van der Waals surface area contributed by atoms with Crippen LogP contribution in [0.15, 0.2) is 42.0 Å². The average molecular weight is 243 g/mol. The Hall–Kier alpha value is -1.12. The maximum atomic E-state index is 10.9. The van der Waals surface area contributed by atoms with Crippen LogP contribution in [-0.4, -0.2) is 30.1 Å². The van der Waals surface area contributed by atoms with Gasteiger partial charge < -0.3 is 10.0 Å². The van der Waals surface area contributed by atoms with E-state index in [0.717, 1.165) is 37.9 Å². The lowest BCUT2D eigenvalue weighted by Gasteiger charge is -2.40. The van der Waals surface area contributed by atoms with E-state index in [9.17, 15) is 5.11 Å². The van der Waals surface area contributed by atoms with Gasteiger partial charge in [-0.05, 0) is 43.9 Å². The molecule has 0 bridgehead atoms. The Balaban J connectivity index is 1.90. The van der Waals surface area contributed by atoms with E-state index in [1.807, 2.05) is 30.3 Å². The largest absolute Gasteiger partial charge is 0.381 e. The van der Waals surface area contributed by atoms with Crippen molar-refractivity contribution < 1.29 is 5.11 Å². The number of benzene rings is 1. The summed E-state index contributed by atoms with van der Waals surface area (Å²) in [6.07, 6.45) is 5.19. The number of hydrogen-bond donors (Lipinski definition) is 1. The molecule has 1 fully saturated rings. The summed E-state index contributed by atoms with van der Waals surface area (Å²) < 4.78 is 0. The van der Waals surface area contributed by atoms with Crippen LogP contribution >= 0.6 is 0 Å². The summed E-state index contributed by atoms with van der Waals surface area (Å²) in [4.78, 5) is 2.40. The van der Waals surface area contributed by atoms with Crippen molar-refractivity contribution in [3.8, 4) is 0 Å². The molecule has 2 nitrogen and oxygen atoms in total. The van der Waals surface area contributed by atoms with E-state index in [4.69, 9.17) is 0 Å². The van der Waals surface area contributed by atoms with Crippen LogP contribution in [0.5, 0.6) is 0 Å². The highest BCUT2D eigenvalue weighted by molar-refractivity contribution is 5.32. The Morgan fingerprint density at radius 2 is 2.06 bits per heavy atom. The Morgan fingerprint density at radius 1 is 1.28 bits per heavy atom. The summed E-state index contributed by atoms with van der Waals surface area (Å²) in [7, 11) is 2.19. The zero-order valence-corrected chi connectivity index (χ0v) is 11.0. The van der Waals surface area contributed by atoms with Gasteiger partial charge in [0, 0.05) is 13.1 Å². The third-order valence-electron chi connectivity index (χ3n) is 4.41. The van der Waals surface area contributed by atoms with Gasteiger partial charge in [0.05, 0.1) is 0 Å². The fraction of sp³-hybridized carbons (Fsp3) is 0.500. The first-order chi connectivity index (χ1) is 8.67. The van der Waals surface area contributed by atoms with Gasteiger partial charge in [0.25, 0.3) is 0 Å². The molecule has 3 rings (SSSR count). The molecule has 1 aliphatic carbocycles. The lowest BCUT2D eigenvalue weighted by Crippen LogP contribution is -2.39. The predicted molar refractivity (Wildman–Crippen MR) is 73.3 cm³/mol. The maximum absolute atomic E-state index is 10.9. The smallest absolute Gasteiger partial charge is 0.108 e. The number of hydrogen-bond acceptors (Lipinski definition) is 2. The molecule has 0 radical (unpaired) electrons. The van der Waals surface area contributed by atoms with E-state index >= 15 is 0 Å². The summed E-state index contributed by atoms with van der Waals surface area (Å²) in [6.45, 7) is 2.27. The maximum Gasteiger partial charge on any atom is 0.108 e. The molecule has 1 aromatic rings. The van der Waals surface area contributed by atoms with Crippen molar-refractivity contribution in [3.05, 3.63) is 47.5 Å². The van der Waals surface area contributed by atoms with E-state index in [-0.39, 0.29) is 0 Å². The van der Waals surface area contributed by atoms with Gasteiger partial charge in [0.1, 0.15) is 5.60 Å². The molecule has 96 valence electrons. The van der Waals surface area contributed by atoms with Crippen molar-refractivity contribution in [2.75, 3.05) is 20.1 Å². The molecule has 1 heterocycles. The second kappa shape index (κ2) is 4.52. The van der Waals surface area contributed by atoms with Crippen molar-refractivity contribution in [2.45, 2.75) is 24.9 Å². The van der Waals surface area contributed by atoms with Gasteiger partial charge in [0.2, 0.25) is 0 Å². The minimum atomic E-state index is -0.733. The van der Waals surface area contributed by atoms with Crippen LogP contribution in [0, 0.1) is 5.92 Å². The van der Waals surface area contributed by atoms with E-state index in [0.29, 0.717) is 5.92 Å². The van der Waals surface area contributed by atoms with Crippen molar-refractivity contribution in [1.29, 1.82) is 0 Å². The van der Waals surface area contributed by atoms with Crippen LogP contribution in [0.4, 0.5) is 0 Å². The van der Waals surface area contributed by atoms with Crippen molar-refractivity contribution in [1.82, 2.24) is 4.90 Å². The van der Waals surface area contributed by atoms with Gasteiger partial charge in [-0.25, -0.2) is 0 Å². The summed E-state index contributed by atoms with van der Waals surface area (Å²) >= 11 is 0. The number of nitrogens with zero attached hydrogens (tertiary/aromatic N) is 1. The Morgan fingerprint density at radius 3 is 2.83 bits per heavy atom. The lowest BCUT2D eigenvalue weighted by atomic mass is 9.74. The highest BCUT2D eigenvalue weighted by Gasteiger charge is 2.35. The van der Waals surface area contributed by atoms with E-state index in [1.165, 1.54) is 5.57 Å². The molecule has 1 N–H and O–H groups in total. The standard InChI is InChI=1S/C16H21NO/c1-17-10-8-13-11-16(18,9-7-14(13)12-17)15-5-3-2-4-6-15/h2-6,11,14,18H,7-10,12H2,1H3. The number of likely N-dealkylation sites (tertiary alicyclic amines) is 1. The Kier molecular flexibility index (Phi) is 3.00. The summed E-state index contributed by atoms with van der Waals surface area (Å²) in [5, 5.41) is 10.9. The zero-order valence-electron chi connectivity index (χ0n) is 11.0. The zero-order chi connectivity index (χ0) is 12.6. The molecule has 2 atom stereocenters. The lowest BCUT2D eigenvalue weighted by molar-refractivity contribution is 0.0563. The van der Waals surface area contributed by atoms with Gasteiger partial charge in [0.15, 0.2) is 0 Å². The Labute approximate surface area is 109 Å². The third-order valence-corrected chi connectivity index (χ3v) is 4.41. The first-order valence-electron chi connectivity index (χ1n) is 6.85. The van der Waals surface area contributed by atoms with Crippen LogP contribution in [0.3, 0.4) is 0 Å². The van der Waals surface area contributed by atoms with Crippen LogP contribution < -0.4 is 0 Å². The molecule has 1 aliphatic heterocycles. The average Bonchev–Trinajstić information content (AvgIpc) is 2.40. The van der Waals surface area contributed by atoms with Crippen molar-refractivity contribution in [2.24, 2.45) is 5.92 Å². The molecule has 1 aromatic carbocycles. The number of fused-ring (bicyclic) bond motifs is 1. The molecule has 2 aliphatic rings. The first-order valence-corrected chi connectivity index (χ1v) is 6.85. The van der Waals surface area contributed by atoms with E-state index < -0.39 is 5.60 Å².